The van der Waals surface area contributed by atoms with Gasteiger partial charge in [-0.3, -0.25) is 9.59 Å². The molecule has 1 aliphatic carbocycles. The summed E-state index contributed by atoms with van der Waals surface area (Å²) in [6.07, 6.45) is 1.81. The molecule has 1 aromatic carbocycles. The van der Waals surface area contributed by atoms with Crippen LogP contribution in [0.1, 0.15) is 24.4 Å². The molecule has 0 radical (unpaired) electrons. The molecule has 1 fully saturated rings. The zero-order valence-electron chi connectivity index (χ0n) is 8.95. The Morgan fingerprint density at radius 3 is 2.71 bits per heavy atom. The fourth-order valence-corrected chi connectivity index (χ4v) is 1.73. The highest BCUT2D eigenvalue weighted by Gasteiger charge is 2.36. The average molecular weight is 239 g/mol. The molecule has 0 bridgehead atoms. The van der Waals surface area contributed by atoms with Crippen LogP contribution in [0, 0.1) is 17.6 Å². The molecule has 2 rings (SSSR count). The van der Waals surface area contributed by atoms with Crippen LogP contribution in [0.25, 0.3) is 0 Å². The van der Waals surface area contributed by atoms with E-state index in [0.717, 1.165) is 31.0 Å². The summed E-state index contributed by atoms with van der Waals surface area (Å²) in [5.41, 5.74) is -0.117. The first kappa shape index (κ1) is 11.7. The van der Waals surface area contributed by atoms with E-state index < -0.39 is 17.7 Å². The number of carbonyl (C=O) groups excluding carboxylic acids is 2. The van der Waals surface area contributed by atoms with Crippen molar-refractivity contribution in [2.75, 3.05) is 0 Å². The van der Waals surface area contributed by atoms with Crippen molar-refractivity contribution < 1.29 is 18.4 Å². The predicted molar refractivity (Wildman–Crippen MR) is 56.0 cm³/mol. The first-order valence-corrected chi connectivity index (χ1v) is 5.32. The van der Waals surface area contributed by atoms with E-state index in [9.17, 15) is 18.4 Å². The summed E-state index contributed by atoms with van der Waals surface area (Å²) in [5, 5.41) is 2.25. The Balaban J connectivity index is 2.33. The maximum atomic E-state index is 13.5. The van der Waals surface area contributed by atoms with Crippen molar-refractivity contribution in [2.45, 2.75) is 18.9 Å². The number of Topliss-reactive ketones (excluding diaryl/α,β-unsaturated/α-hetero) is 1. The lowest BCUT2D eigenvalue weighted by atomic mass is 9.99. The van der Waals surface area contributed by atoms with E-state index in [1.807, 2.05) is 0 Å². The normalized spacial score (nSPS) is 16.4. The summed E-state index contributed by atoms with van der Waals surface area (Å²) < 4.78 is 26.5. The first-order valence-electron chi connectivity index (χ1n) is 5.32. The van der Waals surface area contributed by atoms with Crippen LogP contribution >= 0.6 is 0 Å². The van der Waals surface area contributed by atoms with Crippen molar-refractivity contribution in [3.05, 3.63) is 35.4 Å². The summed E-state index contributed by atoms with van der Waals surface area (Å²) in [7, 11) is 0. The summed E-state index contributed by atoms with van der Waals surface area (Å²) >= 11 is 0. The number of halogens is 2. The van der Waals surface area contributed by atoms with E-state index in [2.05, 4.69) is 5.32 Å². The minimum atomic E-state index is -1.09. The third-order valence-corrected chi connectivity index (χ3v) is 2.77. The monoisotopic (exact) mass is 239 g/mol. The lowest BCUT2D eigenvalue weighted by molar-refractivity contribution is -0.124. The van der Waals surface area contributed by atoms with Crippen molar-refractivity contribution in [3.8, 4) is 0 Å². The molecular formula is C12H11F2NO2. The largest absolute Gasteiger partial charge is 0.345 e. The Labute approximate surface area is 96.8 Å². The molecule has 17 heavy (non-hydrogen) atoms. The zero-order valence-corrected chi connectivity index (χ0v) is 8.95. The van der Waals surface area contributed by atoms with E-state index in [-0.39, 0.29) is 17.3 Å². The van der Waals surface area contributed by atoms with Crippen LogP contribution in [0.5, 0.6) is 0 Å². The molecular weight excluding hydrogens is 228 g/mol. The van der Waals surface area contributed by atoms with Crippen molar-refractivity contribution >= 4 is 12.2 Å². The van der Waals surface area contributed by atoms with Gasteiger partial charge in [-0.1, -0.05) is 0 Å². The predicted octanol–water partition coefficient (Wildman–Crippen LogP) is 1.73. The van der Waals surface area contributed by atoms with E-state index in [0.29, 0.717) is 6.41 Å². The Morgan fingerprint density at radius 1 is 1.41 bits per heavy atom. The summed E-state index contributed by atoms with van der Waals surface area (Å²) in [6.45, 7) is 0. The van der Waals surface area contributed by atoms with Gasteiger partial charge in [0.2, 0.25) is 6.41 Å². The first-order chi connectivity index (χ1) is 8.13. The van der Waals surface area contributed by atoms with Gasteiger partial charge >= 0.3 is 0 Å². The number of ketones is 1. The van der Waals surface area contributed by atoms with Crippen molar-refractivity contribution in [1.82, 2.24) is 5.32 Å². The van der Waals surface area contributed by atoms with Crippen LogP contribution in [0.3, 0.4) is 0 Å². The van der Waals surface area contributed by atoms with E-state index in [1.54, 1.807) is 0 Å². The van der Waals surface area contributed by atoms with Crippen LogP contribution < -0.4 is 5.32 Å². The second-order valence-electron chi connectivity index (χ2n) is 4.06. The van der Waals surface area contributed by atoms with E-state index in [4.69, 9.17) is 0 Å². The zero-order chi connectivity index (χ0) is 12.4. The van der Waals surface area contributed by atoms with Crippen LogP contribution in [0.4, 0.5) is 8.78 Å². The molecule has 0 spiro atoms. The van der Waals surface area contributed by atoms with Gasteiger partial charge in [-0.2, -0.15) is 0 Å². The van der Waals surface area contributed by atoms with Crippen LogP contribution in [0.15, 0.2) is 18.2 Å². The summed E-state index contributed by atoms with van der Waals surface area (Å²) in [4.78, 5) is 22.3. The maximum Gasteiger partial charge on any atom is 0.207 e. The number of amides is 1. The van der Waals surface area contributed by atoms with Crippen LogP contribution in [-0.4, -0.2) is 12.2 Å². The smallest absolute Gasteiger partial charge is 0.207 e. The molecule has 0 aliphatic heterocycles. The maximum absolute atomic E-state index is 13.5. The molecule has 5 heteroatoms. The molecule has 1 saturated carbocycles. The SMILES string of the molecule is O=CNC(C(=O)C1CC1)c1cc(F)ccc1F. The Kier molecular flexibility index (Phi) is 3.17. The Hall–Kier alpha value is -1.78. The number of hydrogen-bond donors (Lipinski definition) is 1. The Morgan fingerprint density at radius 2 is 2.12 bits per heavy atom. The van der Waals surface area contributed by atoms with E-state index >= 15 is 0 Å². The summed E-state index contributed by atoms with van der Waals surface area (Å²) in [6, 6.07) is 1.77. The van der Waals surface area contributed by atoms with Gasteiger partial charge in [0.05, 0.1) is 0 Å². The summed E-state index contributed by atoms with van der Waals surface area (Å²) in [5.74, 6) is -1.74. The lowest BCUT2D eigenvalue weighted by Crippen LogP contribution is -2.29. The lowest BCUT2D eigenvalue weighted by Gasteiger charge is -2.15. The van der Waals surface area contributed by atoms with Crippen LogP contribution in [-0.2, 0) is 9.59 Å². The number of rotatable bonds is 5. The molecule has 1 amide bonds. The van der Waals surface area contributed by atoms with Crippen molar-refractivity contribution in [3.63, 3.8) is 0 Å². The minimum absolute atomic E-state index is 0.117. The highest BCUT2D eigenvalue weighted by Crippen LogP contribution is 2.35. The standard InChI is InChI=1S/C12H11F2NO2/c13-8-3-4-10(14)9(5-8)11(15-6-16)12(17)7-1-2-7/h3-7,11H,1-2H2,(H,15,16). The highest BCUT2D eigenvalue weighted by molar-refractivity contribution is 5.90. The van der Waals surface area contributed by atoms with Gasteiger partial charge in [0, 0.05) is 11.5 Å². The third kappa shape index (κ3) is 2.49. The molecule has 1 aliphatic rings. The topological polar surface area (TPSA) is 46.2 Å². The van der Waals surface area contributed by atoms with Gasteiger partial charge in [0.15, 0.2) is 5.78 Å². The van der Waals surface area contributed by atoms with Crippen LogP contribution in [0.2, 0.25) is 0 Å². The average Bonchev–Trinajstić information content (AvgIpc) is 3.12. The fraction of sp³-hybridized carbons (Fsp3) is 0.333. The molecule has 3 nitrogen and oxygen atoms in total. The molecule has 1 N–H and O–H groups in total. The van der Waals surface area contributed by atoms with Gasteiger partial charge in [0.25, 0.3) is 0 Å². The molecule has 0 heterocycles. The third-order valence-electron chi connectivity index (χ3n) is 2.77. The minimum Gasteiger partial charge on any atom is -0.345 e. The van der Waals surface area contributed by atoms with Crippen molar-refractivity contribution in [1.29, 1.82) is 0 Å². The van der Waals surface area contributed by atoms with Gasteiger partial charge in [-0.25, -0.2) is 8.78 Å². The molecule has 1 aromatic rings. The number of hydrogen-bond acceptors (Lipinski definition) is 2. The van der Waals surface area contributed by atoms with Gasteiger partial charge in [-0.05, 0) is 31.0 Å². The highest BCUT2D eigenvalue weighted by atomic mass is 19.1. The van der Waals surface area contributed by atoms with Gasteiger partial charge in [-0.15, -0.1) is 0 Å². The second kappa shape index (κ2) is 4.61. The Bertz CT molecular complexity index is 458. The number of benzene rings is 1. The molecule has 0 aromatic heterocycles. The molecule has 1 atom stereocenters. The van der Waals surface area contributed by atoms with E-state index in [1.165, 1.54) is 0 Å². The van der Waals surface area contributed by atoms with Gasteiger partial charge in [0.1, 0.15) is 17.7 Å². The second-order valence-corrected chi connectivity index (χ2v) is 4.06. The number of carbonyl (C=O) groups is 2. The quantitative estimate of drug-likeness (QED) is 0.795. The van der Waals surface area contributed by atoms with Crippen molar-refractivity contribution in [2.24, 2.45) is 5.92 Å². The molecule has 1 unspecified atom stereocenters. The number of nitrogens with one attached hydrogen (secondary N) is 1. The fourth-order valence-electron chi connectivity index (χ4n) is 1.73. The van der Waals surface area contributed by atoms with Gasteiger partial charge < -0.3 is 5.32 Å². The molecule has 90 valence electrons. The molecule has 0 saturated heterocycles.